The van der Waals surface area contributed by atoms with Crippen LogP contribution in [0.5, 0.6) is 5.88 Å². The minimum Gasteiger partial charge on any atom is -0.478 e. The maximum Gasteiger partial charge on any atom is 0.257 e. The molecule has 0 spiro atoms. The summed E-state index contributed by atoms with van der Waals surface area (Å²) >= 11 is 0. The molecule has 0 saturated heterocycles. The molecule has 0 atom stereocenters. The molecule has 1 N–H and O–H groups in total. The van der Waals surface area contributed by atoms with Crippen LogP contribution in [-0.4, -0.2) is 23.7 Å². The first kappa shape index (κ1) is 15.3. The molecule has 5 nitrogen and oxygen atoms in total. The average molecular weight is 287 g/mol. The van der Waals surface area contributed by atoms with Crippen LogP contribution in [0.3, 0.4) is 0 Å². The molecule has 0 unspecified atom stereocenters. The summed E-state index contributed by atoms with van der Waals surface area (Å²) in [4.78, 5) is 8.36. The molecule has 0 aliphatic carbocycles. The molecule has 5 heteroatoms. The number of rotatable bonds is 8. The van der Waals surface area contributed by atoms with Gasteiger partial charge in [-0.2, -0.15) is 0 Å². The molecule has 1 aromatic heterocycles. The zero-order chi connectivity index (χ0) is 14.9. The number of methoxy groups -OCH3 is 1. The van der Waals surface area contributed by atoms with Gasteiger partial charge < -0.3 is 14.8 Å². The van der Waals surface area contributed by atoms with Gasteiger partial charge in [0.2, 0.25) is 0 Å². The zero-order valence-electron chi connectivity index (χ0n) is 12.5. The van der Waals surface area contributed by atoms with Gasteiger partial charge in [-0.3, -0.25) is 0 Å². The van der Waals surface area contributed by atoms with E-state index in [4.69, 9.17) is 9.47 Å². The van der Waals surface area contributed by atoms with Gasteiger partial charge in [-0.05, 0) is 17.5 Å². The monoisotopic (exact) mass is 287 g/mol. The Morgan fingerprint density at radius 1 is 1.10 bits per heavy atom. The average Bonchev–Trinajstić information content (AvgIpc) is 2.54. The van der Waals surface area contributed by atoms with E-state index in [1.54, 1.807) is 19.5 Å². The fourth-order valence-electron chi connectivity index (χ4n) is 1.97. The van der Waals surface area contributed by atoms with E-state index in [9.17, 15) is 0 Å². The van der Waals surface area contributed by atoms with Crippen molar-refractivity contribution >= 4 is 5.82 Å². The Labute approximate surface area is 125 Å². The summed E-state index contributed by atoms with van der Waals surface area (Å²) in [5.41, 5.74) is 2.36. The quantitative estimate of drug-likeness (QED) is 0.756. The molecular weight excluding hydrogens is 266 g/mol. The van der Waals surface area contributed by atoms with Crippen LogP contribution in [0.2, 0.25) is 0 Å². The Morgan fingerprint density at radius 2 is 1.86 bits per heavy atom. The van der Waals surface area contributed by atoms with Crippen molar-refractivity contribution in [1.82, 2.24) is 9.97 Å². The molecule has 0 bridgehead atoms. The van der Waals surface area contributed by atoms with E-state index in [2.05, 4.69) is 34.3 Å². The molecule has 112 valence electrons. The highest BCUT2D eigenvalue weighted by Crippen LogP contribution is 2.18. The second-order valence-electron chi connectivity index (χ2n) is 4.59. The van der Waals surface area contributed by atoms with Crippen molar-refractivity contribution in [3.05, 3.63) is 47.8 Å². The molecule has 0 fully saturated rings. The Kier molecular flexibility index (Phi) is 5.97. The molecule has 0 saturated carbocycles. The van der Waals surface area contributed by atoms with Crippen LogP contribution < -0.4 is 10.1 Å². The summed E-state index contributed by atoms with van der Waals surface area (Å²) in [6.07, 6.45) is 4.27. The van der Waals surface area contributed by atoms with Gasteiger partial charge in [-0.1, -0.05) is 31.2 Å². The first-order valence-electron chi connectivity index (χ1n) is 7.08. The van der Waals surface area contributed by atoms with E-state index in [0.717, 1.165) is 13.0 Å². The van der Waals surface area contributed by atoms with Crippen LogP contribution in [0, 0.1) is 0 Å². The van der Waals surface area contributed by atoms with E-state index in [1.165, 1.54) is 11.1 Å². The number of benzene rings is 1. The second kappa shape index (κ2) is 8.21. The van der Waals surface area contributed by atoms with Gasteiger partial charge in [0.15, 0.2) is 5.82 Å². The summed E-state index contributed by atoms with van der Waals surface area (Å²) in [6.45, 7) is 4.16. The zero-order valence-corrected chi connectivity index (χ0v) is 12.5. The van der Waals surface area contributed by atoms with Crippen LogP contribution in [0.1, 0.15) is 24.5 Å². The van der Waals surface area contributed by atoms with Crippen LogP contribution in [0.15, 0.2) is 36.7 Å². The lowest BCUT2D eigenvalue weighted by Gasteiger charge is -2.12. The third kappa shape index (κ3) is 4.43. The fraction of sp³-hybridized carbons (Fsp3) is 0.375. The first-order chi connectivity index (χ1) is 10.3. The predicted octanol–water partition coefficient (Wildman–Crippen LogP) is 3.02. The molecule has 1 aromatic carbocycles. The van der Waals surface area contributed by atoms with Crippen LogP contribution in [0.4, 0.5) is 5.82 Å². The molecule has 1 heterocycles. The van der Waals surface area contributed by atoms with Crippen LogP contribution >= 0.6 is 0 Å². The number of hydrogen-bond acceptors (Lipinski definition) is 5. The number of nitrogens with one attached hydrogen (secondary N) is 1. The van der Waals surface area contributed by atoms with Crippen molar-refractivity contribution in [3.63, 3.8) is 0 Å². The number of nitrogens with zero attached hydrogens (tertiary/aromatic N) is 2. The number of anilines is 1. The van der Waals surface area contributed by atoms with Crippen LogP contribution in [0.25, 0.3) is 0 Å². The summed E-state index contributed by atoms with van der Waals surface area (Å²) < 4.78 is 10.8. The highest BCUT2D eigenvalue weighted by Gasteiger charge is 2.06. The van der Waals surface area contributed by atoms with Crippen LogP contribution in [-0.2, 0) is 17.9 Å². The molecule has 2 aromatic rings. The van der Waals surface area contributed by atoms with Gasteiger partial charge in [-0.25, -0.2) is 9.97 Å². The topological polar surface area (TPSA) is 56.3 Å². The summed E-state index contributed by atoms with van der Waals surface area (Å²) in [5.74, 6) is 1.14. The third-order valence-electron chi connectivity index (χ3n) is 3.03. The predicted molar refractivity (Wildman–Crippen MR) is 82.3 cm³/mol. The lowest BCUT2D eigenvalue weighted by Crippen LogP contribution is -2.07. The van der Waals surface area contributed by atoms with Gasteiger partial charge in [0.25, 0.3) is 5.88 Å². The fourth-order valence-corrected chi connectivity index (χ4v) is 1.97. The highest BCUT2D eigenvalue weighted by molar-refractivity contribution is 5.45. The third-order valence-corrected chi connectivity index (χ3v) is 3.03. The Hall–Kier alpha value is -2.14. The Balaban J connectivity index is 2.02. The lowest BCUT2D eigenvalue weighted by atomic mass is 10.1. The van der Waals surface area contributed by atoms with E-state index < -0.39 is 0 Å². The van der Waals surface area contributed by atoms with Crippen molar-refractivity contribution in [1.29, 1.82) is 0 Å². The van der Waals surface area contributed by atoms with Gasteiger partial charge in [0.1, 0.15) is 0 Å². The molecule has 2 rings (SSSR count). The summed E-state index contributed by atoms with van der Waals surface area (Å²) in [7, 11) is 1.59. The normalized spacial score (nSPS) is 10.4. The van der Waals surface area contributed by atoms with E-state index in [-0.39, 0.29) is 0 Å². The molecule has 21 heavy (non-hydrogen) atoms. The lowest BCUT2D eigenvalue weighted by molar-refractivity contribution is 0.121. The Morgan fingerprint density at radius 3 is 2.62 bits per heavy atom. The number of aromatic nitrogens is 2. The highest BCUT2D eigenvalue weighted by atomic mass is 16.5. The molecule has 0 radical (unpaired) electrons. The smallest absolute Gasteiger partial charge is 0.257 e. The standard InChI is InChI=1S/C16H21N3O2/c1-3-10-21-12-14-7-5-4-6-13(14)11-19-15-16(20-2)18-9-8-17-15/h4-9H,3,10-12H2,1-2H3,(H,17,19). The number of ether oxygens (including phenoxy) is 2. The largest absolute Gasteiger partial charge is 0.478 e. The van der Waals surface area contributed by atoms with Crippen molar-refractivity contribution < 1.29 is 9.47 Å². The van der Waals surface area contributed by atoms with E-state index in [1.807, 2.05) is 12.1 Å². The van der Waals surface area contributed by atoms with Gasteiger partial charge in [-0.15, -0.1) is 0 Å². The Bertz CT molecular complexity index is 561. The van der Waals surface area contributed by atoms with Crippen molar-refractivity contribution in [2.24, 2.45) is 0 Å². The van der Waals surface area contributed by atoms with Gasteiger partial charge in [0, 0.05) is 25.5 Å². The van der Waals surface area contributed by atoms with E-state index in [0.29, 0.717) is 24.8 Å². The number of hydrogen-bond donors (Lipinski definition) is 1. The molecular formula is C16H21N3O2. The summed E-state index contributed by atoms with van der Waals surface area (Å²) in [5, 5.41) is 3.26. The van der Waals surface area contributed by atoms with E-state index >= 15 is 0 Å². The minimum atomic E-state index is 0.497. The maximum atomic E-state index is 5.63. The SMILES string of the molecule is CCCOCc1ccccc1CNc1nccnc1OC. The van der Waals surface area contributed by atoms with Crippen molar-refractivity contribution in [2.45, 2.75) is 26.5 Å². The van der Waals surface area contributed by atoms with Crippen molar-refractivity contribution in [3.8, 4) is 5.88 Å². The maximum absolute atomic E-state index is 5.63. The van der Waals surface area contributed by atoms with Gasteiger partial charge in [0.05, 0.1) is 13.7 Å². The van der Waals surface area contributed by atoms with Gasteiger partial charge >= 0.3 is 0 Å². The first-order valence-corrected chi connectivity index (χ1v) is 7.08. The molecule has 0 amide bonds. The molecule has 0 aliphatic heterocycles. The minimum absolute atomic E-state index is 0.497. The molecule has 0 aliphatic rings. The second-order valence-corrected chi connectivity index (χ2v) is 4.59. The van der Waals surface area contributed by atoms with Crippen molar-refractivity contribution in [2.75, 3.05) is 19.0 Å². The summed E-state index contributed by atoms with van der Waals surface area (Å²) in [6, 6.07) is 8.21.